The van der Waals surface area contributed by atoms with Crippen LogP contribution in [0.5, 0.6) is 0 Å². The lowest BCUT2D eigenvalue weighted by atomic mass is 10.2. The normalized spacial score (nSPS) is 13.5. The highest BCUT2D eigenvalue weighted by molar-refractivity contribution is 7.98. The van der Waals surface area contributed by atoms with Gasteiger partial charge < -0.3 is 5.32 Å². The quantitative estimate of drug-likeness (QED) is 0.512. The molecule has 150 valence electrons. The molecular formula is C20H17Cl2FN4OS. The molecule has 0 radical (unpaired) electrons. The lowest BCUT2D eigenvalue weighted by molar-refractivity contribution is -0.122. The van der Waals surface area contributed by atoms with Crippen LogP contribution >= 0.6 is 35.0 Å². The molecule has 1 heterocycles. The Morgan fingerprint density at radius 1 is 1.17 bits per heavy atom. The number of halogens is 3. The number of benzene rings is 2. The predicted molar refractivity (Wildman–Crippen MR) is 112 cm³/mol. The van der Waals surface area contributed by atoms with Gasteiger partial charge >= 0.3 is 0 Å². The van der Waals surface area contributed by atoms with E-state index in [9.17, 15) is 9.18 Å². The van der Waals surface area contributed by atoms with Crippen molar-refractivity contribution < 1.29 is 9.18 Å². The zero-order valence-electron chi connectivity index (χ0n) is 15.2. The van der Waals surface area contributed by atoms with E-state index in [2.05, 4.69) is 15.5 Å². The van der Waals surface area contributed by atoms with Crippen LogP contribution in [0.4, 0.5) is 4.39 Å². The second-order valence-corrected chi connectivity index (χ2v) is 8.52. The zero-order valence-corrected chi connectivity index (χ0v) is 17.6. The Morgan fingerprint density at radius 2 is 1.93 bits per heavy atom. The number of carbonyl (C=O) groups excluding carboxylic acids is 1. The SMILES string of the molecule is O=C(NCc1nnc(SCc2ccc(F)cc2)n1-c1ccc(Cl)cc1Cl)C1CC1. The van der Waals surface area contributed by atoms with Crippen molar-refractivity contribution >= 4 is 40.9 Å². The number of hydrogen-bond donors (Lipinski definition) is 1. The zero-order chi connectivity index (χ0) is 20.4. The van der Waals surface area contributed by atoms with Crippen LogP contribution in [0, 0.1) is 11.7 Å². The number of carbonyl (C=O) groups is 1. The van der Waals surface area contributed by atoms with E-state index in [1.54, 1.807) is 30.3 Å². The fourth-order valence-electron chi connectivity index (χ4n) is 2.80. The minimum Gasteiger partial charge on any atom is -0.349 e. The first-order chi connectivity index (χ1) is 14.0. The van der Waals surface area contributed by atoms with Crippen molar-refractivity contribution in [3.05, 3.63) is 69.7 Å². The first kappa shape index (κ1) is 20.2. The number of amides is 1. The Morgan fingerprint density at radius 3 is 2.62 bits per heavy atom. The predicted octanol–water partition coefficient (Wildman–Crippen LogP) is 5.03. The molecular weight excluding hydrogens is 434 g/mol. The first-order valence-corrected chi connectivity index (χ1v) is 10.8. The van der Waals surface area contributed by atoms with Crippen LogP contribution in [0.3, 0.4) is 0 Å². The molecule has 0 bridgehead atoms. The van der Waals surface area contributed by atoms with E-state index < -0.39 is 0 Å². The van der Waals surface area contributed by atoms with Crippen molar-refractivity contribution in [1.29, 1.82) is 0 Å². The Hall–Kier alpha value is -2.09. The molecule has 1 amide bonds. The summed E-state index contributed by atoms with van der Waals surface area (Å²) in [7, 11) is 0. The minimum absolute atomic E-state index is 0.0299. The molecule has 0 aliphatic heterocycles. The fourth-order valence-corrected chi connectivity index (χ4v) is 4.21. The number of rotatable bonds is 7. The summed E-state index contributed by atoms with van der Waals surface area (Å²) in [6.07, 6.45) is 1.86. The summed E-state index contributed by atoms with van der Waals surface area (Å²) in [6, 6.07) is 11.5. The van der Waals surface area contributed by atoms with Gasteiger partial charge in [0.05, 0.1) is 17.3 Å². The fraction of sp³-hybridized carbons (Fsp3) is 0.250. The second-order valence-electron chi connectivity index (χ2n) is 6.74. The topological polar surface area (TPSA) is 59.8 Å². The van der Waals surface area contributed by atoms with Gasteiger partial charge in [-0.1, -0.05) is 47.1 Å². The summed E-state index contributed by atoms with van der Waals surface area (Å²) in [4.78, 5) is 12.0. The smallest absolute Gasteiger partial charge is 0.223 e. The van der Waals surface area contributed by atoms with Gasteiger partial charge in [0, 0.05) is 16.7 Å². The summed E-state index contributed by atoms with van der Waals surface area (Å²) >= 11 is 13.9. The Bertz CT molecular complexity index is 1040. The summed E-state index contributed by atoms with van der Waals surface area (Å²) in [5.41, 5.74) is 1.63. The van der Waals surface area contributed by atoms with Crippen LogP contribution in [-0.4, -0.2) is 20.7 Å². The van der Waals surface area contributed by atoms with Gasteiger partial charge in [0.1, 0.15) is 5.82 Å². The van der Waals surface area contributed by atoms with E-state index in [4.69, 9.17) is 23.2 Å². The maximum Gasteiger partial charge on any atom is 0.223 e. The Balaban J connectivity index is 1.60. The van der Waals surface area contributed by atoms with E-state index in [0.29, 0.717) is 32.5 Å². The molecule has 5 nitrogen and oxygen atoms in total. The minimum atomic E-state index is -0.274. The molecule has 1 saturated carbocycles. The molecule has 1 fully saturated rings. The van der Waals surface area contributed by atoms with Crippen molar-refractivity contribution in [1.82, 2.24) is 20.1 Å². The Labute approximate surface area is 181 Å². The first-order valence-electron chi connectivity index (χ1n) is 9.06. The number of nitrogens with zero attached hydrogens (tertiary/aromatic N) is 3. The summed E-state index contributed by atoms with van der Waals surface area (Å²) in [5.74, 6) is 1.02. The van der Waals surface area contributed by atoms with Gasteiger partial charge in [0.15, 0.2) is 11.0 Å². The van der Waals surface area contributed by atoms with E-state index in [1.165, 1.54) is 23.9 Å². The van der Waals surface area contributed by atoms with Crippen molar-refractivity contribution in [3.8, 4) is 5.69 Å². The van der Waals surface area contributed by atoms with Gasteiger partial charge in [-0.25, -0.2) is 4.39 Å². The molecule has 9 heteroatoms. The van der Waals surface area contributed by atoms with Gasteiger partial charge in [-0.3, -0.25) is 9.36 Å². The maximum atomic E-state index is 13.1. The van der Waals surface area contributed by atoms with Crippen LogP contribution in [0.2, 0.25) is 10.0 Å². The third-order valence-electron chi connectivity index (χ3n) is 4.50. The average molecular weight is 451 g/mol. The number of nitrogens with one attached hydrogen (secondary N) is 1. The molecule has 2 aromatic carbocycles. The molecule has 0 saturated heterocycles. The molecule has 1 N–H and O–H groups in total. The van der Waals surface area contributed by atoms with Crippen molar-refractivity contribution in [2.45, 2.75) is 30.3 Å². The van der Waals surface area contributed by atoms with Gasteiger partial charge in [-0.15, -0.1) is 10.2 Å². The molecule has 3 aromatic rings. The van der Waals surface area contributed by atoms with Crippen LogP contribution in [0.15, 0.2) is 47.6 Å². The maximum absolute atomic E-state index is 13.1. The lowest BCUT2D eigenvalue weighted by Crippen LogP contribution is -2.25. The summed E-state index contributed by atoms with van der Waals surface area (Å²) < 4.78 is 15.0. The number of thioether (sulfide) groups is 1. The second kappa shape index (κ2) is 8.73. The molecule has 0 spiro atoms. The van der Waals surface area contributed by atoms with Crippen LogP contribution < -0.4 is 5.32 Å². The molecule has 0 atom stereocenters. The Kier molecular flexibility index (Phi) is 6.08. The molecule has 0 unspecified atom stereocenters. The highest BCUT2D eigenvalue weighted by atomic mass is 35.5. The lowest BCUT2D eigenvalue weighted by Gasteiger charge is -2.13. The van der Waals surface area contributed by atoms with Gasteiger partial charge in [0.2, 0.25) is 5.91 Å². The highest BCUT2D eigenvalue weighted by Crippen LogP contribution is 2.31. The van der Waals surface area contributed by atoms with Crippen molar-refractivity contribution in [2.24, 2.45) is 5.92 Å². The van der Waals surface area contributed by atoms with Crippen molar-refractivity contribution in [2.75, 3.05) is 0 Å². The van der Waals surface area contributed by atoms with Crippen LogP contribution in [0.25, 0.3) is 5.69 Å². The van der Waals surface area contributed by atoms with Crippen LogP contribution in [-0.2, 0) is 17.1 Å². The summed E-state index contributed by atoms with van der Waals surface area (Å²) in [6.45, 7) is 0.248. The van der Waals surface area contributed by atoms with Crippen LogP contribution in [0.1, 0.15) is 24.2 Å². The number of aromatic nitrogens is 3. The van der Waals surface area contributed by atoms with E-state index >= 15 is 0 Å². The van der Waals surface area contributed by atoms with Gasteiger partial charge in [-0.2, -0.15) is 0 Å². The average Bonchev–Trinajstić information content (AvgIpc) is 3.48. The molecule has 1 aliphatic rings. The molecule has 29 heavy (non-hydrogen) atoms. The van der Waals surface area contributed by atoms with Gasteiger partial charge in [-0.05, 0) is 48.7 Å². The molecule has 1 aliphatic carbocycles. The standard InChI is InChI=1S/C20H17Cl2FN4OS/c21-14-5-8-17(16(22)9-14)27-18(10-24-19(28)13-3-4-13)25-26-20(27)29-11-12-1-6-15(23)7-2-12/h1-2,5-9,13H,3-4,10-11H2,(H,24,28). The van der Waals surface area contributed by atoms with Crippen molar-refractivity contribution in [3.63, 3.8) is 0 Å². The molecule has 4 rings (SSSR count). The van der Waals surface area contributed by atoms with E-state index in [0.717, 1.165) is 18.4 Å². The molecule has 1 aromatic heterocycles. The van der Waals surface area contributed by atoms with E-state index in [-0.39, 0.29) is 24.2 Å². The van der Waals surface area contributed by atoms with E-state index in [1.807, 2.05) is 4.57 Å². The largest absolute Gasteiger partial charge is 0.349 e. The third-order valence-corrected chi connectivity index (χ3v) is 6.04. The van der Waals surface area contributed by atoms with Gasteiger partial charge in [0.25, 0.3) is 0 Å². The third kappa shape index (κ3) is 4.91. The number of hydrogen-bond acceptors (Lipinski definition) is 4. The monoisotopic (exact) mass is 450 g/mol. The highest BCUT2D eigenvalue weighted by Gasteiger charge is 2.29. The summed E-state index contributed by atoms with van der Waals surface area (Å²) in [5, 5.41) is 13.1.